The molecule has 144 valence electrons. The highest BCUT2D eigenvalue weighted by atomic mass is 32.2. The minimum atomic E-state index is -3.70. The third kappa shape index (κ3) is 3.84. The van der Waals surface area contributed by atoms with Gasteiger partial charge in [-0.05, 0) is 30.9 Å². The molecular weight excluding hydrogens is 356 g/mol. The number of nitrogens with one attached hydrogen (secondary N) is 1. The average molecular weight is 383 g/mol. The van der Waals surface area contributed by atoms with Crippen molar-refractivity contribution < 1.29 is 18.2 Å². The van der Waals surface area contributed by atoms with E-state index in [4.69, 9.17) is 0 Å². The molecule has 1 N–H and O–H groups in total. The summed E-state index contributed by atoms with van der Waals surface area (Å²) in [6, 6.07) is 4.35. The van der Waals surface area contributed by atoms with Crippen LogP contribution in [0.25, 0.3) is 0 Å². The average Bonchev–Trinajstić information content (AvgIpc) is 2.61. The molecule has 9 heteroatoms. The van der Waals surface area contributed by atoms with Gasteiger partial charge in [0, 0.05) is 19.2 Å². The first kappa shape index (κ1) is 19.1. The van der Waals surface area contributed by atoms with E-state index in [-0.39, 0.29) is 10.6 Å². The number of quaternary nitrogens is 1. The molecule has 2 aliphatic rings. The molecule has 0 spiro atoms. The number of piperazine rings is 1. The van der Waals surface area contributed by atoms with E-state index in [2.05, 4.69) is 6.92 Å². The fourth-order valence-corrected chi connectivity index (χ4v) is 5.20. The first-order valence-corrected chi connectivity index (χ1v) is 10.6. The predicted molar refractivity (Wildman–Crippen MR) is 99.1 cm³/mol. The van der Waals surface area contributed by atoms with E-state index >= 15 is 0 Å². The predicted octanol–water partition coefficient (Wildman–Crippen LogP) is 0.350. The fraction of sp³-hybridized carbons (Fsp3) is 0.647. The van der Waals surface area contributed by atoms with Crippen molar-refractivity contribution >= 4 is 21.4 Å². The summed E-state index contributed by atoms with van der Waals surface area (Å²) in [4.78, 5) is 14.4. The molecule has 0 radical (unpaired) electrons. The quantitative estimate of drug-likeness (QED) is 0.599. The summed E-state index contributed by atoms with van der Waals surface area (Å²) in [7, 11) is -1.67. The van der Waals surface area contributed by atoms with Crippen LogP contribution in [0.2, 0.25) is 0 Å². The van der Waals surface area contributed by atoms with Crippen LogP contribution in [0.3, 0.4) is 0 Å². The van der Waals surface area contributed by atoms with Crippen LogP contribution in [0.1, 0.15) is 19.8 Å². The van der Waals surface area contributed by atoms with E-state index in [0.29, 0.717) is 24.7 Å². The van der Waals surface area contributed by atoms with Crippen molar-refractivity contribution in [2.45, 2.75) is 24.7 Å². The molecule has 2 fully saturated rings. The summed E-state index contributed by atoms with van der Waals surface area (Å²) in [6.45, 7) is 6.01. The van der Waals surface area contributed by atoms with Crippen LogP contribution in [-0.4, -0.2) is 64.0 Å². The SMILES string of the molecule is C[C@H]1CCCN(c2ccc(S(=O)(=O)N3CC[NH+](C)CC3)cc2[N+](=O)[O-])C1. The Bertz CT molecular complexity index is 775. The van der Waals surface area contributed by atoms with Gasteiger partial charge < -0.3 is 9.80 Å². The van der Waals surface area contributed by atoms with Gasteiger partial charge in [-0.1, -0.05) is 6.92 Å². The van der Waals surface area contributed by atoms with E-state index in [1.165, 1.54) is 21.3 Å². The summed E-state index contributed by atoms with van der Waals surface area (Å²) in [6.07, 6.45) is 2.10. The van der Waals surface area contributed by atoms with E-state index in [9.17, 15) is 18.5 Å². The molecule has 1 aromatic rings. The van der Waals surface area contributed by atoms with Crippen LogP contribution in [0.5, 0.6) is 0 Å². The largest absolute Gasteiger partial charge is 0.366 e. The van der Waals surface area contributed by atoms with Crippen molar-refractivity contribution in [3.8, 4) is 0 Å². The Morgan fingerprint density at radius 1 is 1.23 bits per heavy atom. The van der Waals surface area contributed by atoms with Gasteiger partial charge >= 0.3 is 0 Å². The van der Waals surface area contributed by atoms with E-state index < -0.39 is 14.9 Å². The Morgan fingerprint density at radius 2 is 1.92 bits per heavy atom. The van der Waals surface area contributed by atoms with Crippen molar-refractivity contribution in [2.75, 3.05) is 51.2 Å². The van der Waals surface area contributed by atoms with Crippen LogP contribution in [-0.2, 0) is 10.0 Å². The van der Waals surface area contributed by atoms with Gasteiger partial charge in [-0.15, -0.1) is 0 Å². The molecule has 26 heavy (non-hydrogen) atoms. The lowest BCUT2D eigenvalue weighted by atomic mass is 9.99. The Morgan fingerprint density at radius 3 is 2.54 bits per heavy atom. The van der Waals surface area contributed by atoms with E-state index in [1.54, 1.807) is 6.07 Å². The van der Waals surface area contributed by atoms with Gasteiger partial charge in [-0.3, -0.25) is 10.1 Å². The molecule has 2 heterocycles. The number of benzene rings is 1. The highest BCUT2D eigenvalue weighted by Crippen LogP contribution is 2.34. The third-order valence-electron chi connectivity index (χ3n) is 5.36. The van der Waals surface area contributed by atoms with Gasteiger partial charge in [0.1, 0.15) is 5.69 Å². The number of nitrogens with zero attached hydrogens (tertiary/aromatic N) is 3. The molecule has 8 nitrogen and oxygen atoms in total. The highest BCUT2D eigenvalue weighted by molar-refractivity contribution is 7.89. The second kappa shape index (κ2) is 7.50. The Hall–Kier alpha value is -1.71. The highest BCUT2D eigenvalue weighted by Gasteiger charge is 2.32. The number of hydrogen-bond acceptors (Lipinski definition) is 5. The maximum Gasteiger partial charge on any atom is 0.293 e. The summed E-state index contributed by atoms with van der Waals surface area (Å²) in [5, 5.41) is 11.6. The standard InChI is InChI=1S/C17H26N4O4S/c1-14-4-3-7-19(13-14)16-6-5-15(12-17(16)21(22)23)26(24,25)20-10-8-18(2)9-11-20/h5-6,12,14H,3-4,7-11,13H2,1-2H3/p+1/t14-/m0/s1. The smallest absolute Gasteiger partial charge is 0.293 e. The van der Waals surface area contributed by atoms with Crippen LogP contribution >= 0.6 is 0 Å². The first-order chi connectivity index (χ1) is 12.3. The number of likely N-dealkylation sites (N-methyl/N-ethyl adjacent to an activating group) is 1. The zero-order valence-corrected chi connectivity index (χ0v) is 16.2. The van der Waals surface area contributed by atoms with Crippen molar-refractivity contribution in [1.82, 2.24) is 4.31 Å². The van der Waals surface area contributed by atoms with Crippen molar-refractivity contribution in [2.24, 2.45) is 5.92 Å². The van der Waals surface area contributed by atoms with Gasteiger partial charge in [0.2, 0.25) is 10.0 Å². The Kier molecular flexibility index (Phi) is 5.50. The summed E-state index contributed by atoms with van der Waals surface area (Å²) >= 11 is 0. The van der Waals surface area contributed by atoms with Crippen molar-refractivity contribution in [3.63, 3.8) is 0 Å². The molecule has 0 saturated carbocycles. The Labute approximate surface area is 154 Å². The van der Waals surface area contributed by atoms with Crippen LogP contribution < -0.4 is 9.80 Å². The Balaban J connectivity index is 1.92. The van der Waals surface area contributed by atoms with Gasteiger partial charge in [-0.25, -0.2) is 8.42 Å². The lowest BCUT2D eigenvalue weighted by Gasteiger charge is -2.32. The van der Waals surface area contributed by atoms with Crippen molar-refractivity contribution in [1.29, 1.82) is 0 Å². The van der Waals surface area contributed by atoms with Gasteiger partial charge in [0.05, 0.1) is 43.0 Å². The second-order valence-electron chi connectivity index (χ2n) is 7.46. The molecule has 2 aliphatic heterocycles. The summed E-state index contributed by atoms with van der Waals surface area (Å²) < 4.78 is 27.2. The number of rotatable bonds is 4. The monoisotopic (exact) mass is 383 g/mol. The zero-order valence-electron chi connectivity index (χ0n) is 15.3. The maximum atomic E-state index is 12.9. The lowest BCUT2D eigenvalue weighted by molar-refractivity contribution is -0.883. The molecule has 0 bridgehead atoms. The molecule has 1 aromatic carbocycles. The third-order valence-corrected chi connectivity index (χ3v) is 7.25. The number of anilines is 1. The molecule has 0 aliphatic carbocycles. The van der Waals surface area contributed by atoms with E-state index in [0.717, 1.165) is 39.0 Å². The van der Waals surface area contributed by atoms with Gasteiger partial charge in [0.15, 0.2) is 0 Å². The normalized spacial score (nSPS) is 23.2. The minimum absolute atomic E-state index is 0.0116. The van der Waals surface area contributed by atoms with Crippen LogP contribution in [0.4, 0.5) is 11.4 Å². The summed E-state index contributed by atoms with van der Waals surface area (Å²) in [5.74, 6) is 0.472. The molecular formula is C17H27N4O4S+. The molecule has 2 saturated heterocycles. The number of piperidine rings is 1. The fourth-order valence-electron chi connectivity index (χ4n) is 3.74. The van der Waals surface area contributed by atoms with Crippen LogP contribution in [0.15, 0.2) is 23.1 Å². The van der Waals surface area contributed by atoms with Gasteiger partial charge in [-0.2, -0.15) is 4.31 Å². The first-order valence-electron chi connectivity index (χ1n) is 9.14. The summed E-state index contributed by atoms with van der Waals surface area (Å²) in [5.41, 5.74) is 0.392. The van der Waals surface area contributed by atoms with E-state index in [1.807, 2.05) is 11.9 Å². The van der Waals surface area contributed by atoms with Crippen LogP contribution in [0, 0.1) is 16.0 Å². The zero-order chi connectivity index (χ0) is 18.9. The number of sulfonamides is 1. The minimum Gasteiger partial charge on any atom is -0.366 e. The van der Waals surface area contributed by atoms with Crippen molar-refractivity contribution in [3.05, 3.63) is 28.3 Å². The lowest BCUT2D eigenvalue weighted by Crippen LogP contribution is -3.12. The molecule has 3 rings (SSSR count). The molecule has 0 amide bonds. The number of nitro groups is 1. The molecule has 0 aromatic heterocycles. The topological polar surface area (TPSA) is 88.2 Å². The number of nitro benzene ring substituents is 1. The second-order valence-corrected chi connectivity index (χ2v) is 9.40. The van der Waals surface area contributed by atoms with Gasteiger partial charge in [0.25, 0.3) is 5.69 Å². The maximum absolute atomic E-state index is 12.9. The number of hydrogen-bond donors (Lipinski definition) is 1. The molecule has 0 unspecified atom stereocenters. The molecule has 1 atom stereocenters.